The number of likely N-dealkylation sites (tertiary alicyclic amines) is 1. The minimum absolute atomic E-state index is 0.0542. The Labute approximate surface area is 164 Å². The van der Waals surface area contributed by atoms with Crippen molar-refractivity contribution < 1.29 is 18.5 Å². The average Bonchev–Trinajstić information content (AvgIpc) is 3.44. The van der Waals surface area contributed by atoms with E-state index < -0.39 is 6.04 Å². The van der Waals surface area contributed by atoms with Crippen LogP contribution in [0.5, 0.6) is 0 Å². The third kappa shape index (κ3) is 3.69. The van der Waals surface area contributed by atoms with Crippen LogP contribution in [-0.2, 0) is 4.79 Å². The largest absolute Gasteiger partial charge is 0.461 e. The third-order valence-corrected chi connectivity index (χ3v) is 5.67. The molecule has 150 valence electrons. The number of hydrogen-bond acceptors (Lipinski definition) is 6. The summed E-state index contributed by atoms with van der Waals surface area (Å²) in [5.74, 6) is 0.723. The molecule has 2 aromatic rings. The molecular formula is C20H26N4O4. The fourth-order valence-electron chi connectivity index (χ4n) is 3.98. The topological polar surface area (TPSA) is 83.0 Å². The van der Waals surface area contributed by atoms with Crippen LogP contribution < -0.4 is 0 Å². The molecule has 2 aromatic heterocycles. The molecule has 1 atom stereocenters. The van der Waals surface area contributed by atoms with Gasteiger partial charge in [0, 0.05) is 38.8 Å². The van der Waals surface area contributed by atoms with Gasteiger partial charge in [0.25, 0.3) is 5.91 Å². The van der Waals surface area contributed by atoms with E-state index in [4.69, 9.17) is 8.94 Å². The van der Waals surface area contributed by atoms with Crippen LogP contribution in [0.25, 0.3) is 11.5 Å². The van der Waals surface area contributed by atoms with E-state index in [1.54, 1.807) is 23.1 Å². The number of piperidine rings is 1. The lowest BCUT2D eigenvalue weighted by molar-refractivity contribution is -0.139. The van der Waals surface area contributed by atoms with Crippen molar-refractivity contribution in [2.24, 2.45) is 0 Å². The fourth-order valence-corrected chi connectivity index (χ4v) is 3.98. The molecule has 0 aliphatic carbocycles. The van der Waals surface area contributed by atoms with Gasteiger partial charge in [-0.25, -0.2) is 0 Å². The molecule has 0 saturated carbocycles. The summed E-state index contributed by atoms with van der Waals surface area (Å²) < 4.78 is 10.6. The summed E-state index contributed by atoms with van der Waals surface area (Å²) in [5, 5.41) is 3.92. The van der Waals surface area contributed by atoms with Crippen LogP contribution in [0.15, 0.2) is 33.4 Å². The summed E-state index contributed by atoms with van der Waals surface area (Å²) in [7, 11) is 0. The first-order valence-electron chi connectivity index (χ1n) is 10.00. The van der Waals surface area contributed by atoms with Crippen molar-refractivity contribution in [3.63, 3.8) is 0 Å². The van der Waals surface area contributed by atoms with Crippen LogP contribution in [0.1, 0.15) is 36.7 Å². The summed E-state index contributed by atoms with van der Waals surface area (Å²) in [4.78, 5) is 32.1. The van der Waals surface area contributed by atoms with E-state index in [2.05, 4.69) is 17.0 Å². The molecule has 1 unspecified atom stereocenters. The highest BCUT2D eigenvalue weighted by atomic mass is 16.5. The summed E-state index contributed by atoms with van der Waals surface area (Å²) in [6.45, 7) is 6.91. The summed E-state index contributed by atoms with van der Waals surface area (Å²) in [6.07, 6.45) is 4.08. The molecule has 2 aliphatic heterocycles. The first kappa shape index (κ1) is 18.7. The zero-order valence-electron chi connectivity index (χ0n) is 16.2. The summed E-state index contributed by atoms with van der Waals surface area (Å²) in [5.41, 5.74) is 0.210. The molecule has 28 heavy (non-hydrogen) atoms. The number of nitrogens with zero attached hydrogens (tertiary/aromatic N) is 4. The summed E-state index contributed by atoms with van der Waals surface area (Å²) >= 11 is 0. The number of aromatic nitrogens is 1. The van der Waals surface area contributed by atoms with Gasteiger partial charge in [0.1, 0.15) is 6.04 Å². The lowest BCUT2D eigenvalue weighted by Crippen LogP contribution is -2.57. The molecular weight excluding hydrogens is 360 g/mol. The Morgan fingerprint density at radius 1 is 1.14 bits per heavy atom. The van der Waals surface area contributed by atoms with Crippen LogP contribution in [0, 0.1) is 0 Å². The lowest BCUT2D eigenvalue weighted by atomic mass is 10.00. The number of likely N-dealkylation sites (N-methyl/N-ethyl adjacent to an activating group) is 1. The summed E-state index contributed by atoms with van der Waals surface area (Å²) in [6, 6.07) is 4.66. The Morgan fingerprint density at radius 3 is 2.68 bits per heavy atom. The van der Waals surface area contributed by atoms with E-state index in [-0.39, 0.29) is 17.5 Å². The van der Waals surface area contributed by atoms with Gasteiger partial charge < -0.3 is 23.6 Å². The normalized spacial score (nSPS) is 21.1. The predicted molar refractivity (Wildman–Crippen MR) is 102 cm³/mol. The molecule has 4 heterocycles. The van der Waals surface area contributed by atoms with Gasteiger partial charge in [0.05, 0.1) is 6.26 Å². The molecule has 0 bridgehead atoms. The number of furan rings is 1. The van der Waals surface area contributed by atoms with Gasteiger partial charge in [0.15, 0.2) is 11.5 Å². The molecule has 0 aromatic carbocycles. The molecule has 4 rings (SSSR count). The maximum absolute atomic E-state index is 13.1. The first-order chi connectivity index (χ1) is 13.7. The van der Waals surface area contributed by atoms with Crippen molar-refractivity contribution in [2.45, 2.75) is 32.2 Å². The molecule has 2 amide bonds. The van der Waals surface area contributed by atoms with Crippen LogP contribution in [0.2, 0.25) is 0 Å². The Hall–Kier alpha value is -2.61. The minimum Gasteiger partial charge on any atom is -0.461 e. The molecule has 2 fully saturated rings. The smallest absolute Gasteiger partial charge is 0.276 e. The number of carbonyl (C=O) groups excluding carboxylic acids is 2. The first-order valence-corrected chi connectivity index (χ1v) is 10.00. The van der Waals surface area contributed by atoms with Crippen LogP contribution >= 0.6 is 0 Å². The van der Waals surface area contributed by atoms with Gasteiger partial charge in [-0.2, -0.15) is 0 Å². The molecule has 2 saturated heterocycles. The highest BCUT2D eigenvalue weighted by molar-refractivity contribution is 5.96. The van der Waals surface area contributed by atoms with Gasteiger partial charge in [-0.05, 0) is 37.9 Å². The number of hydrogen-bond donors (Lipinski definition) is 0. The molecule has 0 radical (unpaired) electrons. The van der Waals surface area contributed by atoms with Crippen LogP contribution in [0.4, 0.5) is 0 Å². The van der Waals surface area contributed by atoms with E-state index in [0.717, 1.165) is 45.6 Å². The number of amides is 2. The Bertz CT molecular complexity index is 808. The Balaban J connectivity index is 1.47. The van der Waals surface area contributed by atoms with E-state index in [0.29, 0.717) is 24.5 Å². The SMILES string of the molecule is CCN1CCN(C(=O)C2CCCCN2C(=O)c2cc(-c3ccco3)on2)CC1. The quantitative estimate of drug-likeness (QED) is 0.800. The molecule has 8 heteroatoms. The maximum atomic E-state index is 13.1. The van der Waals surface area contributed by atoms with Gasteiger partial charge in [-0.3, -0.25) is 9.59 Å². The van der Waals surface area contributed by atoms with Crippen molar-refractivity contribution in [3.05, 3.63) is 30.2 Å². The second-order valence-electron chi connectivity index (χ2n) is 7.32. The Morgan fingerprint density at radius 2 is 1.96 bits per heavy atom. The maximum Gasteiger partial charge on any atom is 0.276 e. The highest BCUT2D eigenvalue weighted by Gasteiger charge is 2.37. The van der Waals surface area contributed by atoms with E-state index in [1.807, 2.05) is 4.90 Å². The monoisotopic (exact) mass is 386 g/mol. The van der Waals surface area contributed by atoms with Crippen molar-refractivity contribution in [1.29, 1.82) is 0 Å². The van der Waals surface area contributed by atoms with Crippen LogP contribution in [-0.4, -0.2) is 77.0 Å². The number of piperazine rings is 1. The molecule has 2 aliphatic rings. The van der Waals surface area contributed by atoms with Gasteiger partial charge in [-0.15, -0.1) is 0 Å². The molecule has 8 nitrogen and oxygen atoms in total. The zero-order valence-corrected chi connectivity index (χ0v) is 16.2. The standard InChI is InChI=1S/C20H26N4O4/c1-2-22-9-11-23(12-10-22)20(26)16-6-3-4-8-24(16)19(25)15-14-18(28-21-15)17-7-5-13-27-17/h5,7,13-14,16H,2-4,6,8-12H2,1H3. The zero-order chi connectivity index (χ0) is 19.5. The van der Waals surface area contributed by atoms with Crippen molar-refractivity contribution in [3.8, 4) is 11.5 Å². The predicted octanol–water partition coefficient (Wildman–Crippen LogP) is 2.09. The second-order valence-corrected chi connectivity index (χ2v) is 7.32. The van der Waals surface area contributed by atoms with Gasteiger partial charge in [-0.1, -0.05) is 12.1 Å². The lowest BCUT2D eigenvalue weighted by Gasteiger charge is -2.40. The highest BCUT2D eigenvalue weighted by Crippen LogP contribution is 2.25. The fraction of sp³-hybridized carbons (Fsp3) is 0.550. The minimum atomic E-state index is -0.418. The van der Waals surface area contributed by atoms with Gasteiger partial charge in [0.2, 0.25) is 11.7 Å². The average molecular weight is 386 g/mol. The number of rotatable bonds is 4. The third-order valence-electron chi connectivity index (χ3n) is 5.67. The van der Waals surface area contributed by atoms with E-state index in [1.165, 1.54) is 6.26 Å². The van der Waals surface area contributed by atoms with Crippen molar-refractivity contribution in [1.82, 2.24) is 19.9 Å². The van der Waals surface area contributed by atoms with Gasteiger partial charge >= 0.3 is 0 Å². The van der Waals surface area contributed by atoms with Crippen molar-refractivity contribution in [2.75, 3.05) is 39.3 Å². The van der Waals surface area contributed by atoms with Crippen molar-refractivity contribution >= 4 is 11.8 Å². The van der Waals surface area contributed by atoms with E-state index >= 15 is 0 Å². The van der Waals surface area contributed by atoms with E-state index in [9.17, 15) is 9.59 Å². The number of carbonyl (C=O) groups is 2. The molecule has 0 spiro atoms. The Kier molecular flexibility index (Phi) is 5.47. The molecule has 0 N–H and O–H groups in total. The second kappa shape index (κ2) is 8.18. The van der Waals surface area contributed by atoms with Crippen LogP contribution in [0.3, 0.4) is 0 Å².